The fourth-order valence-corrected chi connectivity index (χ4v) is 2.94. The smallest absolute Gasteiger partial charge is 0.275 e. The highest BCUT2D eigenvalue weighted by atomic mass is 35.5. The van der Waals surface area contributed by atoms with Gasteiger partial charge in [0.05, 0.1) is 13.6 Å². The summed E-state index contributed by atoms with van der Waals surface area (Å²) in [5.74, 6) is -0.411. The maximum atomic E-state index is 12.1. The molecule has 0 spiro atoms. The summed E-state index contributed by atoms with van der Waals surface area (Å²) in [5, 5.41) is 6.22. The Bertz CT molecular complexity index is 772. The summed E-state index contributed by atoms with van der Waals surface area (Å²) in [6.45, 7) is 4.73. The van der Waals surface area contributed by atoms with Crippen molar-refractivity contribution in [1.82, 2.24) is 5.32 Å². The van der Waals surface area contributed by atoms with Crippen molar-refractivity contribution >= 4 is 29.1 Å². The Labute approximate surface area is 159 Å². The van der Waals surface area contributed by atoms with Gasteiger partial charge in [0.15, 0.2) is 6.54 Å². The first-order valence-corrected chi connectivity index (χ1v) is 8.92. The average Bonchev–Trinajstić information content (AvgIpc) is 2.58. The predicted molar refractivity (Wildman–Crippen MR) is 104 cm³/mol. The zero-order valence-electron chi connectivity index (χ0n) is 15.4. The molecule has 0 heterocycles. The number of quaternary nitrogens is 1. The van der Waals surface area contributed by atoms with Gasteiger partial charge in [-0.25, -0.2) is 0 Å². The van der Waals surface area contributed by atoms with Crippen LogP contribution in [0.5, 0.6) is 0 Å². The summed E-state index contributed by atoms with van der Waals surface area (Å²) < 4.78 is 0. The van der Waals surface area contributed by atoms with E-state index in [1.165, 1.54) is 0 Å². The van der Waals surface area contributed by atoms with Gasteiger partial charge >= 0.3 is 0 Å². The molecule has 2 rings (SSSR count). The Hall–Kier alpha value is -2.37. The first-order valence-electron chi connectivity index (χ1n) is 8.54. The van der Waals surface area contributed by atoms with E-state index in [0.717, 1.165) is 27.3 Å². The summed E-state index contributed by atoms with van der Waals surface area (Å²) in [6, 6.07) is 13.4. The molecule has 5 nitrogen and oxygen atoms in total. The van der Waals surface area contributed by atoms with E-state index in [0.29, 0.717) is 11.6 Å². The van der Waals surface area contributed by atoms with Crippen LogP contribution in [0.2, 0.25) is 5.02 Å². The lowest BCUT2D eigenvalue weighted by Gasteiger charge is -2.15. The first kappa shape index (κ1) is 19.9. The molecule has 1 unspecified atom stereocenters. The van der Waals surface area contributed by atoms with Gasteiger partial charge in [-0.05, 0) is 31.0 Å². The van der Waals surface area contributed by atoms with Gasteiger partial charge in [-0.3, -0.25) is 9.59 Å². The topological polar surface area (TPSA) is 62.6 Å². The quantitative estimate of drug-likeness (QED) is 0.691. The summed E-state index contributed by atoms with van der Waals surface area (Å²) in [4.78, 5) is 25.2. The number of hydrogen-bond acceptors (Lipinski definition) is 2. The third kappa shape index (κ3) is 5.86. The van der Waals surface area contributed by atoms with E-state index >= 15 is 0 Å². The SMILES string of the molecule is Cc1cccc(C)c1NC(=O)CNC(=O)C[NH+](C)Cc1ccccc1Cl. The molecule has 0 aliphatic rings. The molecule has 2 aromatic carbocycles. The Balaban J connectivity index is 1.79. The summed E-state index contributed by atoms with van der Waals surface area (Å²) in [6.07, 6.45) is 0. The number of carbonyl (C=O) groups excluding carboxylic acids is 2. The van der Waals surface area contributed by atoms with Crippen LogP contribution in [0.3, 0.4) is 0 Å². The van der Waals surface area contributed by atoms with Gasteiger partial charge in [0.25, 0.3) is 5.91 Å². The van der Waals surface area contributed by atoms with Crippen LogP contribution in [0.25, 0.3) is 0 Å². The van der Waals surface area contributed by atoms with Crippen molar-refractivity contribution in [2.45, 2.75) is 20.4 Å². The number of amides is 2. The van der Waals surface area contributed by atoms with Crippen molar-refractivity contribution in [3.63, 3.8) is 0 Å². The number of likely N-dealkylation sites (N-methyl/N-ethyl adjacent to an activating group) is 1. The number of aryl methyl sites for hydroxylation is 2. The van der Waals surface area contributed by atoms with Gasteiger partial charge in [-0.2, -0.15) is 0 Å². The third-order valence-electron chi connectivity index (χ3n) is 4.10. The Morgan fingerprint density at radius 3 is 2.31 bits per heavy atom. The summed E-state index contributed by atoms with van der Waals surface area (Å²) >= 11 is 6.14. The van der Waals surface area contributed by atoms with Crippen molar-refractivity contribution in [2.75, 3.05) is 25.5 Å². The monoisotopic (exact) mass is 374 g/mol. The fraction of sp³-hybridized carbons (Fsp3) is 0.300. The lowest BCUT2D eigenvalue weighted by Crippen LogP contribution is -3.08. The molecule has 138 valence electrons. The van der Waals surface area contributed by atoms with Crippen LogP contribution < -0.4 is 15.5 Å². The number of carbonyl (C=O) groups is 2. The molecule has 0 aromatic heterocycles. The average molecular weight is 375 g/mol. The van der Waals surface area contributed by atoms with E-state index < -0.39 is 0 Å². The summed E-state index contributed by atoms with van der Waals surface area (Å²) in [7, 11) is 1.92. The van der Waals surface area contributed by atoms with Gasteiger partial charge in [0.1, 0.15) is 6.54 Å². The second kappa shape index (κ2) is 9.36. The molecular weight excluding hydrogens is 350 g/mol. The molecule has 3 N–H and O–H groups in total. The number of para-hydroxylation sites is 1. The second-order valence-electron chi connectivity index (χ2n) is 6.49. The minimum Gasteiger partial charge on any atom is -0.342 e. The number of anilines is 1. The molecule has 2 amide bonds. The molecule has 0 aliphatic carbocycles. The molecule has 6 heteroatoms. The minimum atomic E-state index is -0.237. The molecule has 0 bridgehead atoms. The second-order valence-corrected chi connectivity index (χ2v) is 6.90. The molecule has 2 aromatic rings. The number of hydrogen-bond donors (Lipinski definition) is 3. The Morgan fingerprint density at radius 1 is 1.00 bits per heavy atom. The van der Waals surface area contributed by atoms with Crippen LogP contribution >= 0.6 is 11.6 Å². The number of halogens is 1. The molecule has 0 aliphatic heterocycles. The standard InChI is InChI=1S/C20H24ClN3O2/c1-14-7-6-8-15(2)20(14)23-18(25)11-22-19(26)13-24(3)12-16-9-4-5-10-17(16)21/h4-10H,11-13H2,1-3H3,(H,22,26)(H,23,25)/p+1. The molecular formula is C20H25ClN3O2+. The van der Waals surface area contributed by atoms with E-state index in [1.54, 1.807) is 0 Å². The van der Waals surface area contributed by atoms with Gasteiger partial charge in [-0.1, -0.05) is 48.0 Å². The van der Waals surface area contributed by atoms with Crippen LogP contribution in [-0.4, -0.2) is 32.0 Å². The van der Waals surface area contributed by atoms with Crippen molar-refractivity contribution in [3.05, 3.63) is 64.2 Å². The highest BCUT2D eigenvalue weighted by Gasteiger charge is 2.14. The fourth-order valence-electron chi connectivity index (χ4n) is 2.74. The highest BCUT2D eigenvalue weighted by Crippen LogP contribution is 2.19. The Morgan fingerprint density at radius 2 is 1.65 bits per heavy atom. The van der Waals surface area contributed by atoms with Crippen molar-refractivity contribution in [2.24, 2.45) is 0 Å². The normalized spacial score (nSPS) is 11.7. The third-order valence-corrected chi connectivity index (χ3v) is 4.47. The lowest BCUT2D eigenvalue weighted by atomic mass is 10.1. The van der Waals surface area contributed by atoms with E-state index in [1.807, 2.05) is 63.4 Å². The molecule has 0 saturated carbocycles. The van der Waals surface area contributed by atoms with Crippen LogP contribution in [0.4, 0.5) is 5.69 Å². The predicted octanol–water partition coefficient (Wildman–Crippen LogP) is 1.73. The van der Waals surface area contributed by atoms with Crippen LogP contribution in [-0.2, 0) is 16.1 Å². The zero-order chi connectivity index (χ0) is 19.1. The van der Waals surface area contributed by atoms with Crippen LogP contribution in [0.15, 0.2) is 42.5 Å². The largest absolute Gasteiger partial charge is 0.342 e. The number of rotatable bonds is 7. The molecule has 0 fully saturated rings. The van der Waals surface area contributed by atoms with Crippen molar-refractivity contribution in [1.29, 1.82) is 0 Å². The van der Waals surface area contributed by atoms with E-state index in [9.17, 15) is 9.59 Å². The van der Waals surface area contributed by atoms with Gasteiger partial charge in [-0.15, -0.1) is 0 Å². The molecule has 0 saturated heterocycles. The number of nitrogens with one attached hydrogen (secondary N) is 3. The van der Waals surface area contributed by atoms with Crippen molar-refractivity contribution in [3.8, 4) is 0 Å². The van der Waals surface area contributed by atoms with Gasteiger partial charge in [0, 0.05) is 16.3 Å². The maximum absolute atomic E-state index is 12.1. The Kier molecular flexibility index (Phi) is 7.18. The minimum absolute atomic E-state index is 0.0496. The molecule has 0 radical (unpaired) electrons. The van der Waals surface area contributed by atoms with E-state index in [4.69, 9.17) is 11.6 Å². The molecule has 1 atom stereocenters. The van der Waals surface area contributed by atoms with E-state index in [2.05, 4.69) is 10.6 Å². The maximum Gasteiger partial charge on any atom is 0.275 e. The van der Waals surface area contributed by atoms with Crippen molar-refractivity contribution < 1.29 is 14.5 Å². The highest BCUT2D eigenvalue weighted by molar-refractivity contribution is 6.31. The first-order chi connectivity index (χ1) is 12.4. The van der Waals surface area contributed by atoms with Gasteiger partial charge in [0.2, 0.25) is 5.91 Å². The lowest BCUT2D eigenvalue weighted by molar-refractivity contribution is -0.885. The zero-order valence-corrected chi connectivity index (χ0v) is 16.1. The molecule has 26 heavy (non-hydrogen) atoms. The van der Waals surface area contributed by atoms with Crippen LogP contribution in [0, 0.1) is 13.8 Å². The summed E-state index contributed by atoms with van der Waals surface area (Å²) in [5.41, 5.74) is 3.78. The van der Waals surface area contributed by atoms with E-state index in [-0.39, 0.29) is 24.9 Å². The van der Waals surface area contributed by atoms with Crippen LogP contribution in [0.1, 0.15) is 16.7 Å². The van der Waals surface area contributed by atoms with Gasteiger partial charge < -0.3 is 15.5 Å². The number of benzene rings is 2.